The Bertz CT molecular complexity index is 1310. The molecule has 3 aromatic carbocycles. The number of carboxylic acid groups (broad SMARTS) is 1. The topological polar surface area (TPSA) is 56.7 Å². The van der Waals surface area contributed by atoms with Crippen molar-refractivity contribution in [1.82, 2.24) is 9.88 Å². The molecule has 0 aliphatic heterocycles. The molecule has 6 heteroatoms. The van der Waals surface area contributed by atoms with Crippen LogP contribution in [0.3, 0.4) is 0 Å². The van der Waals surface area contributed by atoms with Gasteiger partial charge in [-0.25, -0.2) is 4.98 Å². The second kappa shape index (κ2) is 12.4. The Morgan fingerprint density at radius 1 is 0.842 bits per heavy atom. The standard InChI is InChI=1S/C32H37N3O2S/c1-32(2,3)18-24-10-12-26(13-11-24)19-34(4)28-16-14-27(15-17-28)29-23-38-30(33-29)21-35(22-31(36)37)20-25-8-6-5-7-9-25/h5-17,23H,18-22H2,1-4H3,(H,36,37). The number of carboxylic acids is 1. The summed E-state index contributed by atoms with van der Waals surface area (Å²) in [5, 5.41) is 12.3. The number of hydrogen-bond acceptors (Lipinski definition) is 5. The minimum atomic E-state index is -0.835. The van der Waals surface area contributed by atoms with Crippen molar-refractivity contribution in [1.29, 1.82) is 0 Å². The summed E-state index contributed by atoms with van der Waals surface area (Å²) >= 11 is 1.57. The molecule has 38 heavy (non-hydrogen) atoms. The van der Waals surface area contributed by atoms with Gasteiger partial charge in [0.05, 0.1) is 18.8 Å². The normalized spacial score (nSPS) is 11.6. The summed E-state index contributed by atoms with van der Waals surface area (Å²) in [5.41, 5.74) is 7.18. The van der Waals surface area contributed by atoms with Crippen LogP contribution in [-0.4, -0.2) is 34.6 Å². The second-order valence-electron chi connectivity index (χ2n) is 11.1. The van der Waals surface area contributed by atoms with Gasteiger partial charge < -0.3 is 10.0 Å². The molecule has 0 fully saturated rings. The SMILES string of the molecule is CN(Cc1ccc(CC(C)(C)C)cc1)c1ccc(-c2csc(CN(CC(=O)O)Cc3ccccc3)n2)cc1. The smallest absolute Gasteiger partial charge is 0.317 e. The first kappa shape index (κ1) is 27.6. The fourth-order valence-electron chi connectivity index (χ4n) is 4.53. The van der Waals surface area contributed by atoms with E-state index >= 15 is 0 Å². The van der Waals surface area contributed by atoms with Crippen LogP contribution in [-0.2, 0) is 30.8 Å². The zero-order valence-corrected chi connectivity index (χ0v) is 23.5. The molecule has 4 aromatic rings. The van der Waals surface area contributed by atoms with Gasteiger partial charge in [-0.2, -0.15) is 0 Å². The number of benzene rings is 3. The summed E-state index contributed by atoms with van der Waals surface area (Å²) in [6, 6.07) is 27.4. The van der Waals surface area contributed by atoms with Gasteiger partial charge >= 0.3 is 5.97 Å². The quantitative estimate of drug-likeness (QED) is 0.225. The third kappa shape index (κ3) is 8.27. The molecule has 0 aliphatic carbocycles. The fourth-order valence-corrected chi connectivity index (χ4v) is 5.38. The molecular formula is C32H37N3O2S. The predicted molar refractivity (Wildman–Crippen MR) is 157 cm³/mol. The van der Waals surface area contributed by atoms with Crippen LogP contribution < -0.4 is 4.90 Å². The van der Waals surface area contributed by atoms with E-state index in [1.165, 1.54) is 11.1 Å². The monoisotopic (exact) mass is 527 g/mol. The van der Waals surface area contributed by atoms with E-state index in [4.69, 9.17) is 4.98 Å². The summed E-state index contributed by atoms with van der Waals surface area (Å²) in [6.45, 7) is 8.70. The Morgan fingerprint density at radius 2 is 1.47 bits per heavy atom. The highest BCUT2D eigenvalue weighted by Crippen LogP contribution is 2.26. The van der Waals surface area contributed by atoms with Gasteiger partial charge in [0.2, 0.25) is 0 Å². The predicted octanol–water partition coefficient (Wildman–Crippen LogP) is 7.12. The highest BCUT2D eigenvalue weighted by molar-refractivity contribution is 7.09. The fraction of sp³-hybridized carbons (Fsp3) is 0.312. The van der Waals surface area contributed by atoms with Crippen molar-refractivity contribution in [2.45, 2.75) is 46.8 Å². The maximum Gasteiger partial charge on any atom is 0.317 e. The van der Waals surface area contributed by atoms with Crippen molar-refractivity contribution in [3.05, 3.63) is 106 Å². The van der Waals surface area contributed by atoms with Gasteiger partial charge in [-0.1, -0.05) is 87.5 Å². The second-order valence-corrected chi connectivity index (χ2v) is 12.1. The van der Waals surface area contributed by atoms with Crippen molar-refractivity contribution in [3.63, 3.8) is 0 Å². The number of rotatable bonds is 11. The number of carbonyl (C=O) groups is 1. The largest absolute Gasteiger partial charge is 0.480 e. The lowest BCUT2D eigenvalue weighted by atomic mass is 9.88. The van der Waals surface area contributed by atoms with Gasteiger partial charge in [0, 0.05) is 36.8 Å². The molecule has 5 nitrogen and oxygen atoms in total. The molecule has 0 saturated carbocycles. The van der Waals surface area contributed by atoms with E-state index < -0.39 is 5.97 Å². The lowest BCUT2D eigenvalue weighted by Gasteiger charge is -2.21. The van der Waals surface area contributed by atoms with Crippen molar-refractivity contribution in [2.24, 2.45) is 5.41 Å². The van der Waals surface area contributed by atoms with E-state index in [0.29, 0.717) is 13.1 Å². The van der Waals surface area contributed by atoms with Crippen LogP contribution >= 0.6 is 11.3 Å². The third-order valence-electron chi connectivity index (χ3n) is 6.30. The molecule has 0 atom stereocenters. The molecule has 0 aliphatic rings. The highest BCUT2D eigenvalue weighted by Gasteiger charge is 2.15. The summed E-state index contributed by atoms with van der Waals surface area (Å²) in [5.74, 6) is -0.835. The molecule has 1 N–H and O–H groups in total. The number of anilines is 1. The van der Waals surface area contributed by atoms with E-state index in [1.54, 1.807) is 11.3 Å². The van der Waals surface area contributed by atoms with E-state index in [-0.39, 0.29) is 12.0 Å². The molecule has 0 bridgehead atoms. The van der Waals surface area contributed by atoms with Crippen LogP contribution in [0.4, 0.5) is 5.69 Å². The van der Waals surface area contributed by atoms with Gasteiger partial charge in [-0.15, -0.1) is 11.3 Å². The average Bonchev–Trinajstić information content (AvgIpc) is 3.33. The summed E-state index contributed by atoms with van der Waals surface area (Å²) in [4.78, 5) is 20.4. The van der Waals surface area contributed by atoms with Gasteiger partial charge in [0.25, 0.3) is 0 Å². The van der Waals surface area contributed by atoms with E-state index in [1.807, 2.05) is 35.2 Å². The lowest BCUT2D eigenvalue weighted by Crippen LogP contribution is -2.28. The maximum absolute atomic E-state index is 11.4. The molecule has 1 aromatic heterocycles. The Hall–Kier alpha value is -3.48. The number of nitrogens with zero attached hydrogens (tertiary/aromatic N) is 3. The number of aliphatic carboxylic acids is 1. The first-order valence-corrected chi connectivity index (χ1v) is 13.8. The van der Waals surface area contributed by atoms with Crippen molar-refractivity contribution in [2.75, 3.05) is 18.5 Å². The minimum absolute atomic E-state index is 0.0237. The Balaban J connectivity index is 1.37. The molecule has 0 saturated heterocycles. The number of thiazole rings is 1. The van der Waals surface area contributed by atoms with Gasteiger partial charge in [0.15, 0.2) is 0 Å². The maximum atomic E-state index is 11.4. The zero-order valence-electron chi connectivity index (χ0n) is 22.7. The van der Waals surface area contributed by atoms with E-state index in [2.05, 4.69) is 86.6 Å². The summed E-state index contributed by atoms with van der Waals surface area (Å²) < 4.78 is 0. The number of hydrogen-bond donors (Lipinski definition) is 1. The lowest BCUT2D eigenvalue weighted by molar-refractivity contribution is -0.138. The Kier molecular flexibility index (Phi) is 8.97. The molecular weight excluding hydrogens is 490 g/mol. The summed E-state index contributed by atoms with van der Waals surface area (Å²) in [7, 11) is 2.11. The average molecular weight is 528 g/mol. The minimum Gasteiger partial charge on any atom is -0.480 e. The Morgan fingerprint density at radius 3 is 2.11 bits per heavy atom. The number of aromatic nitrogens is 1. The van der Waals surface area contributed by atoms with Gasteiger partial charge in [-0.05, 0) is 40.7 Å². The van der Waals surface area contributed by atoms with Crippen LogP contribution in [0.2, 0.25) is 0 Å². The van der Waals surface area contributed by atoms with Gasteiger partial charge in [-0.3, -0.25) is 9.69 Å². The summed E-state index contributed by atoms with van der Waals surface area (Å²) in [6.07, 6.45) is 1.08. The molecule has 0 amide bonds. The van der Waals surface area contributed by atoms with E-state index in [9.17, 15) is 9.90 Å². The van der Waals surface area contributed by atoms with Crippen LogP contribution in [0.15, 0.2) is 84.2 Å². The molecule has 198 valence electrons. The van der Waals surface area contributed by atoms with Gasteiger partial charge in [0.1, 0.15) is 5.01 Å². The van der Waals surface area contributed by atoms with Crippen LogP contribution in [0, 0.1) is 5.41 Å². The van der Waals surface area contributed by atoms with Crippen LogP contribution in [0.5, 0.6) is 0 Å². The van der Waals surface area contributed by atoms with Crippen molar-refractivity contribution in [3.8, 4) is 11.3 Å². The molecule has 1 heterocycles. The molecule has 0 unspecified atom stereocenters. The third-order valence-corrected chi connectivity index (χ3v) is 7.13. The zero-order chi connectivity index (χ0) is 27.1. The van der Waals surface area contributed by atoms with Crippen LogP contribution in [0.1, 0.15) is 42.5 Å². The Labute approximate surface area is 230 Å². The molecule has 0 spiro atoms. The molecule has 0 radical (unpaired) electrons. The molecule has 4 rings (SSSR count). The van der Waals surface area contributed by atoms with Crippen molar-refractivity contribution >= 4 is 23.0 Å². The highest BCUT2D eigenvalue weighted by atomic mass is 32.1. The van der Waals surface area contributed by atoms with Crippen molar-refractivity contribution < 1.29 is 9.90 Å². The first-order valence-electron chi connectivity index (χ1n) is 13.0. The first-order chi connectivity index (χ1) is 18.1. The van der Waals surface area contributed by atoms with Crippen LogP contribution in [0.25, 0.3) is 11.3 Å². The van der Waals surface area contributed by atoms with E-state index in [0.717, 1.165) is 40.5 Å².